The lowest BCUT2D eigenvalue weighted by Gasteiger charge is -2.10. The van der Waals surface area contributed by atoms with Gasteiger partial charge in [0, 0.05) is 10.9 Å². The van der Waals surface area contributed by atoms with Crippen LogP contribution in [0, 0.1) is 6.92 Å². The highest BCUT2D eigenvalue weighted by Crippen LogP contribution is 2.31. The molecule has 0 saturated carbocycles. The molecule has 0 aliphatic carbocycles. The average Bonchev–Trinajstić information content (AvgIpc) is 3.05. The van der Waals surface area contributed by atoms with Gasteiger partial charge in [-0.1, -0.05) is 43.8 Å². The largest absolute Gasteiger partial charge is 0.469 e. The molecule has 0 spiro atoms. The van der Waals surface area contributed by atoms with Crippen LogP contribution in [-0.4, -0.2) is 20.0 Å². The van der Waals surface area contributed by atoms with Crippen LogP contribution < -0.4 is 0 Å². The highest BCUT2D eigenvalue weighted by atomic mass is 32.2. The molecular weight excluding hydrogens is 282 g/mol. The number of furan rings is 1. The van der Waals surface area contributed by atoms with Crippen molar-refractivity contribution in [1.82, 2.24) is 14.8 Å². The zero-order valence-electron chi connectivity index (χ0n) is 12.3. The maximum absolute atomic E-state index is 5.41. The molecule has 0 saturated heterocycles. The molecule has 0 fully saturated rings. The van der Waals surface area contributed by atoms with Crippen LogP contribution in [0.1, 0.15) is 19.6 Å². The third-order valence-electron chi connectivity index (χ3n) is 3.09. The summed E-state index contributed by atoms with van der Waals surface area (Å²) in [5.74, 6) is 1.66. The summed E-state index contributed by atoms with van der Waals surface area (Å²) in [6.07, 6.45) is 1.68. The molecule has 0 radical (unpaired) electrons. The Balaban J connectivity index is 2.18. The van der Waals surface area contributed by atoms with Crippen molar-refractivity contribution in [3.8, 4) is 17.1 Å². The SMILES string of the molecule is Cc1occc1-c1nnc(SC(C)C)n1-c1ccccc1. The molecule has 21 heavy (non-hydrogen) atoms. The van der Waals surface area contributed by atoms with Crippen LogP contribution in [0.2, 0.25) is 0 Å². The molecule has 0 N–H and O–H groups in total. The second-order valence-corrected chi connectivity index (χ2v) is 6.58. The Hall–Kier alpha value is -2.01. The molecule has 2 heterocycles. The normalized spacial score (nSPS) is 11.2. The molecule has 3 rings (SSSR count). The summed E-state index contributed by atoms with van der Waals surface area (Å²) in [6, 6.07) is 12.1. The van der Waals surface area contributed by atoms with Crippen LogP contribution in [0.15, 0.2) is 52.2 Å². The minimum atomic E-state index is 0.440. The Morgan fingerprint density at radius 2 is 1.86 bits per heavy atom. The van der Waals surface area contributed by atoms with Crippen LogP contribution in [0.3, 0.4) is 0 Å². The number of hydrogen-bond donors (Lipinski definition) is 0. The number of hydrogen-bond acceptors (Lipinski definition) is 4. The third-order valence-corrected chi connectivity index (χ3v) is 4.04. The molecule has 0 unspecified atom stereocenters. The van der Waals surface area contributed by atoms with Gasteiger partial charge in [-0.05, 0) is 25.1 Å². The molecule has 0 amide bonds. The van der Waals surface area contributed by atoms with E-state index in [1.165, 1.54) is 0 Å². The van der Waals surface area contributed by atoms with Crippen LogP contribution >= 0.6 is 11.8 Å². The molecule has 0 aliphatic heterocycles. The third kappa shape index (κ3) is 2.74. The summed E-state index contributed by atoms with van der Waals surface area (Å²) in [4.78, 5) is 0. The molecule has 4 nitrogen and oxygen atoms in total. The van der Waals surface area contributed by atoms with Gasteiger partial charge in [-0.3, -0.25) is 4.57 Å². The lowest BCUT2D eigenvalue weighted by atomic mass is 10.2. The van der Waals surface area contributed by atoms with Gasteiger partial charge >= 0.3 is 0 Å². The monoisotopic (exact) mass is 299 g/mol. The van der Waals surface area contributed by atoms with E-state index in [2.05, 4.69) is 40.7 Å². The summed E-state index contributed by atoms with van der Waals surface area (Å²) < 4.78 is 7.50. The molecule has 0 aliphatic rings. The quantitative estimate of drug-likeness (QED) is 0.672. The fourth-order valence-electron chi connectivity index (χ4n) is 2.16. The van der Waals surface area contributed by atoms with Gasteiger partial charge < -0.3 is 4.42 Å². The number of thioether (sulfide) groups is 1. The molecule has 0 bridgehead atoms. The van der Waals surface area contributed by atoms with E-state index in [0.29, 0.717) is 5.25 Å². The van der Waals surface area contributed by atoms with Crippen LogP contribution in [0.4, 0.5) is 0 Å². The van der Waals surface area contributed by atoms with E-state index in [0.717, 1.165) is 28.0 Å². The van der Waals surface area contributed by atoms with Gasteiger partial charge in [-0.2, -0.15) is 0 Å². The van der Waals surface area contributed by atoms with Gasteiger partial charge in [0.25, 0.3) is 0 Å². The van der Waals surface area contributed by atoms with Crippen molar-refractivity contribution < 1.29 is 4.42 Å². The van der Waals surface area contributed by atoms with Gasteiger partial charge in [-0.25, -0.2) is 0 Å². The molecular formula is C16H17N3OS. The van der Waals surface area contributed by atoms with Crippen molar-refractivity contribution in [2.24, 2.45) is 0 Å². The van der Waals surface area contributed by atoms with Gasteiger partial charge in [-0.15, -0.1) is 10.2 Å². The number of benzene rings is 1. The van der Waals surface area contributed by atoms with E-state index >= 15 is 0 Å². The smallest absolute Gasteiger partial charge is 0.196 e. The summed E-state index contributed by atoms with van der Waals surface area (Å²) in [5.41, 5.74) is 2.03. The predicted molar refractivity (Wildman–Crippen MR) is 84.8 cm³/mol. The highest BCUT2D eigenvalue weighted by Gasteiger charge is 2.19. The standard InChI is InChI=1S/C16H17N3OS/c1-11(2)21-16-18-17-15(14-9-10-20-12(14)3)19(16)13-7-5-4-6-8-13/h4-11H,1-3H3. The van der Waals surface area contributed by atoms with Crippen LogP contribution in [0.5, 0.6) is 0 Å². The van der Waals surface area contributed by atoms with Crippen molar-refractivity contribution >= 4 is 11.8 Å². The Labute approximate surface area is 128 Å². The number of rotatable bonds is 4. The second-order valence-electron chi connectivity index (χ2n) is 5.03. The first kappa shape index (κ1) is 13.9. The minimum absolute atomic E-state index is 0.440. The van der Waals surface area contributed by atoms with E-state index < -0.39 is 0 Å². The maximum atomic E-state index is 5.41. The van der Waals surface area contributed by atoms with Crippen molar-refractivity contribution in [2.75, 3.05) is 0 Å². The fourth-order valence-corrected chi connectivity index (χ4v) is 2.97. The van der Waals surface area contributed by atoms with E-state index in [4.69, 9.17) is 4.42 Å². The van der Waals surface area contributed by atoms with Gasteiger partial charge in [0.1, 0.15) is 5.76 Å². The van der Waals surface area contributed by atoms with Gasteiger partial charge in [0.05, 0.1) is 11.8 Å². The number of nitrogens with zero attached hydrogens (tertiary/aromatic N) is 3. The first-order chi connectivity index (χ1) is 10.2. The van der Waals surface area contributed by atoms with Gasteiger partial charge in [0.2, 0.25) is 0 Å². The molecule has 108 valence electrons. The number of para-hydroxylation sites is 1. The van der Waals surface area contributed by atoms with Crippen molar-refractivity contribution in [3.05, 3.63) is 48.4 Å². The topological polar surface area (TPSA) is 43.9 Å². The molecule has 5 heteroatoms. The zero-order chi connectivity index (χ0) is 14.8. The van der Waals surface area contributed by atoms with Gasteiger partial charge in [0.15, 0.2) is 11.0 Å². The lowest BCUT2D eigenvalue weighted by Crippen LogP contribution is -2.01. The van der Waals surface area contributed by atoms with E-state index in [1.54, 1.807) is 18.0 Å². The second kappa shape index (κ2) is 5.77. The van der Waals surface area contributed by atoms with Crippen LogP contribution in [-0.2, 0) is 0 Å². The highest BCUT2D eigenvalue weighted by molar-refractivity contribution is 7.99. The van der Waals surface area contributed by atoms with E-state index in [9.17, 15) is 0 Å². The van der Waals surface area contributed by atoms with Crippen molar-refractivity contribution in [3.63, 3.8) is 0 Å². The summed E-state index contributed by atoms with van der Waals surface area (Å²) in [7, 11) is 0. The van der Waals surface area contributed by atoms with Crippen molar-refractivity contribution in [1.29, 1.82) is 0 Å². The lowest BCUT2D eigenvalue weighted by molar-refractivity contribution is 0.535. The maximum Gasteiger partial charge on any atom is 0.196 e. The predicted octanol–water partition coefficient (Wildman–Crippen LogP) is 4.34. The summed E-state index contributed by atoms with van der Waals surface area (Å²) >= 11 is 1.70. The first-order valence-corrected chi connectivity index (χ1v) is 7.76. The average molecular weight is 299 g/mol. The molecule has 3 aromatic rings. The minimum Gasteiger partial charge on any atom is -0.469 e. The number of aryl methyl sites for hydroxylation is 1. The fraction of sp³-hybridized carbons (Fsp3) is 0.250. The first-order valence-electron chi connectivity index (χ1n) is 6.89. The zero-order valence-corrected chi connectivity index (χ0v) is 13.1. The number of aromatic nitrogens is 3. The molecule has 1 aromatic carbocycles. The Kier molecular flexibility index (Phi) is 3.84. The van der Waals surface area contributed by atoms with Crippen molar-refractivity contribution in [2.45, 2.75) is 31.2 Å². The van der Waals surface area contributed by atoms with E-state index in [1.807, 2.05) is 31.2 Å². The molecule has 0 atom stereocenters. The summed E-state index contributed by atoms with van der Waals surface area (Å²) in [5, 5.41) is 10.1. The Morgan fingerprint density at radius 3 is 2.48 bits per heavy atom. The Bertz CT molecular complexity index is 731. The Morgan fingerprint density at radius 1 is 1.10 bits per heavy atom. The van der Waals surface area contributed by atoms with E-state index in [-0.39, 0.29) is 0 Å². The summed E-state index contributed by atoms with van der Waals surface area (Å²) in [6.45, 7) is 6.24. The molecule has 2 aromatic heterocycles. The van der Waals surface area contributed by atoms with Crippen LogP contribution in [0.25, 0.3) is 17.1 Å².